The zero-order valence-electron chi connectivity index (χ0n) is 9.61. The predicted octanol–water partition coefficient (Wildman–Crippen LogP) is 1.72. The Morgan fingerprint density at radius 2 is 2.19 bits per heavy atom. The lowest BCUT2D eigenvalue weighted by Crippen LogP contribution is -2.15. The van der Waals surface area contributed by atoms with Gasteiger partial charge in [0.05, 0.1) is 12.8 Å². The second-order valence-corrected chi connectivity index (χ2v) is 5.35. The van der Waals surface area contributed by atoms with Crippen LogP contribution in [-0.2, 0) is 9.09 Å². The van der Waals surface area contributed by atoms with E-state index in [9.17, 15) is 9.46 Å². The third kappa shape index (κ3) is 4.35. The van der Waals surface area contributed by atoms with Gasteiger partial charge in [-0.2, -0.15) is 4.73 Å². The summed E-state index contributed by atoms with van der Waals surface area (Å²) >= 11 is 0. The molecule has 92 valence electrons. The van der Waals surface area contributed by atoms with Crippen LogP contribution in [0.2, 0.25) is 0 Å². The molecule has 2 unspecified atom stereocenters. The quantitative estimate of drug-likeness (QED) is 0.776. The number of phosphoric acid groups is 1. The minimum absolute atomic E-state index is 0.181. The molecule has 0 radical (unpaired) electrons. The fourth-order valence-electron chi connectivity index (χ4n) is 0.842. The van der Waals surface area contributed by atoms with E-state index in [1.165, 1.54) is 18.7 Å². The van der Waals surface area contributed by atoms with Crippen molar-refractivity contribution in [3.8, 4) is 0 Å². The molecular weight excluding hydrogens is 231 g/mol. The largest absolute Gasteiger partial charge is 0.546 e. The average molecular weight is 248 g/mol. The van der Waals surface area contributed by atoms with Crippen molar-refractivity contribution in [2.75, 3.05) is 6.61 Å². The summed E-state index contributed by atoms with van der Waals surface area (Å²) in [5, 5.41) is 0. The minimum atomic E-state index is -4.05. The minimum Gasteiger partial charge on any atom is -0.310 e. The zero-order chi connectivity index (χ0) is 12.2. The van der Waals surface area contributed by atoms with Crippen LogP contribution >= 0.6 is 7.82 Å². The van der Waals surface area contributed by atoms with E-state index in [0.717, 1.165) is 4.73 Å². The molecule has 0 spiro atoms. The molecule has 1 aromatic rings. The van der Waals surface area contributed by atoms with Gasteiger partial charge in [-0.3, -0.25) is 9.42 Å². The number of phosphoric ester groups is 1. The molecule has 1 rings (SSSR count). The molecule has 0 fully saturated rings. The Bertz CT molecular complexity index is 352. The lowest BCUT2D eigenvalue weighted by atomic mass is 10.00. The topological polar surface area (TPSA) is 73.6 Å². The number of hydrogen-bond acceptors (Lipinski definition) is 4. The van der Waals surface area contributed by atoms with E-state index >= 15 is 0 Å². The lowest BCUT2D eigenvalue weighted by Gasteiger charge is -2.17. The third-order valence-electron chi connectivity index (χ3n) is 2.32. The average Bonchev–Trinajstić information content (AvgIpc) is 2.65. The van der Waals surface area contributed by atoms with Crippen LogP contribution in [0.4, 0.5) is 0 Å². The first kappa shape index (κ1) is 13.2. The molecular formula is C9H17N2O4P. The Hall–Kier alpha value is -0.840. The molecule has 0 aromatic carbocycles. The van der Waals surface area contributed by atoms with E-state index in [-0.39, 0.29) is 12.5 Å². The van der Waals surface area contributed by atoms with E-state index in [4.69, 9.17) is 9.15 Å². The van der Waals surface area contributed by atoms with Crippen molar-refractivity contribution in [3.05, 3.63) is 18.7 Å². The Labute approximate surface area is 94.8 Å². The molecule has 0 aliphatic rings. The highest BCUT2D eigenvalue weighted by Crippen LogP contribution is 2.40. The van der Waals surface area contributed by atoms with E-state index in [0.29, 0.717) is 5.92 Å². The number of nitrogens with zero attached hydrogens (tertiary/aromatic N) is 2. The highest BCUT2D eigenvalue weighted by atomic mass is 31.2. The Balaban J connectivity index is 2.43. The van der Waals surface area contributed by atoms with E-state index in [1.807, 2.05) is 20.8 Å². The van der Waals surface area contributed by atoms with E-state index in [2.05, 4.69) is 4.98 Å². The van der Waals surface area contributed by atoms with Crippen LogP contribution in [0.15, 0.2) is 18.7 Å². The summed E-state index contributed by atoms with van der Waals surface area (Å²) in [4.78, 5) is 13.1. The summed E-state index contributed by atoms with van der Waals surface area (Å²) in [5.74, 6) is 0.570. The maximum Gasteiger partial charge on any atom is 0.546 e. The Morgan fingerprint density at radius 1 is 1.50 bits per heavy atom. The molecule has 1 heterocycles. The normalized spacial score (nSPS) is 17.1. The van der Waals surface area contributed by atoms with Crippen molar-refractivity contribution in [2.45, 2.75) is 20.8 Å². The Kier molecular flexibility index (Phi) is 4.53. The van der Waals surface area contributed by atoms with Gasteiger partial charge in [0.15, 0.2) is 0 Å². The second kappa shape index (κ2) is 5.48. The third-order valence-corrected chi connectivity index (χ3v) is 3.19. The molecule has 1 N–H and O–H groups in total. The van der Waals surface area contributed by atoms with Crippen molar-refractivity contribution in [2.24, 2.45) is 11.8 Å². The van der Waals surface area contributed by atoms with Gasteiger partial charge < -0.3 is 4.62 Å². The van der Waals surface area contributed by atoms with Gasteiger partial charge in [0, 0.05) is 6.20 Å². The van der Waals surface area contributed by atoms with Crippen LogP contribution in [0, 0.1) is 11.8 Å². The molecule has 1 aromatic heterocycles. The fraction of sp³-hybridized carbons (Fsp3) is 0.667. The lowest BCUT2D eigenvalue weighted by molar-refractivity contribution is 0.115. The molecule has 7 heteroatoms. The maximum absolute atomic E-state index is 11.5. The highest BCUT2D eigenvalue weighted by Gasteiger charge is 2.25. The van der Waals surface area contributed by atoms with Crippen LogP contribution < -0.4 is 4.62 Å². The standard InChI is InChI=1S/C9H17N2O4P/c1-8(2)9(3)6-14-16(12,13)15-11-5-4-10-7-11/h4-5,7-9H,6H2,1-3H3,(H,12,13). The molecule has 2 atom stereocenters. The molecule has 0 aliphatic carbocycles. The van der Waals surface area contributed by atoms with Gasteiger partial charge in [0.25, 0.3) is 0 Å². The van der Waals surface area contributed by atoms with Gasteiger partial charge in [-0.1, -0.05) is 20.8 Å². The molecule has 16 heavy (non-hydrogen) atoms. The van der Waals surface area contributed by atoms with Crippen molar-refractivity contribution in [1.82, 2.24) is 9.71 Å². The molecule has 0 bridgehead atoms. The highest BCUT2D eigenvalue weighted by molar-refractivity contribution is 7.47. The predicted molar refractivity (Wildman–Crippen MR) is 58.6 cm³/mol. The molecule has 0 aliphatic heterocycles. The Morgan fingerprint density at radius 3 is 2.69 bits per heavy atom. The second-order valence-electron chi connectivity index (χ2n) is 3.99. The maximum atomic E-state index is 11.5. The van der Waals surface area contributed by atoms with Crippen LogP contribution in [0.25, 0.3) is 0 Å². The SMILES string of the molecule is CC(C)C(C)COP(=O)(O)On1ccnc1. The van der Waals surface area contributed by atoms with Crippen molar-refractivity contribution in [3.63, 3.8) is 0 Å². The van der Waals surface area contributed by atoms with Crippen LogP contribution in [0.1, 0.15) is 20.8 Å². The monoisotopic (exact) mass is 248 g/mol. The number of hydrogen-bond donors (Lipinski definition) is 1. The van der Waals surface area contributed by atoms with Gasteiger partial charge in [0.1, 0.15) is 6.33 Å². The summed E-state index contributed by atoms with van der Waals surface area (Å²) in [5.41, 5.74) is 0. The smallest absolute Gasteiger partial charge is 0.310 e. The van der Waals surface area contributed by atoms with Gasteiger partial charge in [-0.05, 0) is 11.8 Å². The van der Waals surface area contributed by atoms with E-state index < -0.39 is 7.82 Å². The van der Waals surface area contributed by atoms with Crippen molar-refractivity contribution >= 4 is 7.82 Å². The van der Waals surface area contributed by atoms with Gasteiger partial charge in [0.2, 0.25) is 0 Å². The van der Waals surface area contributed by atoms with Gasteiger partial charge in [-0.15, -0.1) is 0 Å². The summed E-state index contributed by atoms with van der Waals surface area (Å²) in [7, 11) is -4.05. The first-order valence-electron chi connectivity index (χ1n) is 5.06. The molecule has 0 amide bonds. The van der Waals surface area contributed by atoms with E-state index in [1.54, 1.807) is 0 Å². The fourth-order valence-corrected chi connectivity index (χ4v) is 1.65. The summed E-state index contributed by atoms with van der Waals surface area (Å²) in [6.07, 6.45) is 4.13. The zero-order valence-corrected chi connectivity index (χ0v) is 10.5. The van der Waals surface area contributed by atoms with Gasteiger partial charge >= 0.3 is 7.82 Å². The first-order valence-corrected chi connectivity index (χ1v) is 6.55. The summed E-state index contributed by atoms with van der Waals surface area (Å²) in [6, 6.07) is 0. The summed E-state index contributed by atoms with van der Waals surface area (Å²) < 4.78 is 22.1. The molecule has 0 saturated carbocycles. The van der Waals surface area contributed by atoms with Crippen LogP contribution in [0.5, 0.6) is 0 Å². The first-order chi connectivity index (χ1) is 7.41. The number of imidazole rings is 1. The van der Waals surface area contributed by atoms with Crippen LogP contribution in [0.3, 0.4) is 0 Å². The van der Waals surface area contributed by atoms with Crippen molar-refractivity contribution in [1.29, 1.82) is 0 Å². The molecule has 0 saturated heterocycles. The van der Waals surface area contributed by atoms with Gasteiger partial charge in [-0.25, -0.2) is 9.55 Å². The van der Waals surface area contributed by atoms with Crippen LogP contribution in [-0.4, -0.2) is 21.2 Å². The number of rotatable bonds is 6. The molecule has 6 nitrogen and oxygen atoms in total. The van der Waals surface area contributed by atoms with Crippen molar-refractivity contribution < 1.29 is 18.6 Å². The summed E-state index contributed by atoms with van der Waals surface area (Å²) in [6.45, 7) is 6.17. The number of aromatic nitrogens is 2.